The van der Waals surface area contributed by atoms with Crippen LogP contribution in [-0.4, -0.2) is 11.9 Å². The standard InChI is InChI=1S/C18H17F5N2O/c1-10(15-8-5-13(19)9-16(15)20)24-11(2)17(26)25-14-6-3-12(4-7-14)18(21,22)23/h3-11,24H,1-2H3,(H,25,26)/p+1/t10-,11+/m1/s1. The zero-order valence-electron chi connectivity index (χ0n) is 14.1. The molecule has 2 aromatic carbocycles. The summed E-state index contributed by atoms with van der Waals surface area (Å²) in [5.41, 5.74) is -0.333. The minimum absolute atomic E-state index is 0.226. The second-order valence-corrected chi connectivity index (χ2v) is 6.00. The van der Waals surface area contributed by atoms with E-state index in [1.165, 1.54) is 6.07 Å². The largest absolute Gasteiger partial charge is 0.416 e. The van der Waals surface area contributed by atoms with Crippen molar-refractivity contribution in [2.24, 2.45) is 0 Å². The minimum Gasteiger partial charge on any atom is -0.330 e. The molecule has 2 rings (SSSR count). The van der Waals surface area contributed by atoms with E-state index in [0.29, 0.717) is 0 Å². The first-order valence-electron chi connectivity index (χ1n) is 7.86. The van der Waals surface area contributed by atoms with E-state index in [4.69, 9.17) is 0 Å². The second kappa shape index (κ2) is 7.82. The SMILES string of the molecule is C[C@H]([NH2+][C@H](C)c1ccc(F)cc1F)C(=O)Nc1ccc(C(F)(F)F)cc1. The molecule has 0 radical (unpaired) electrons. The van der Waals surface area contributed by atoms with Gasteiger partial charge in [-0.05, 0) is 50.2 Å². The molecular weight excluding hydrogens is 355 g/mol. The van der Waals surface area contributed by atoms with E-state index < -0.39 is 41.4 Å². The van der Waals surface area contributed by atoms with Crippen molar-refractivity contribution >= 4 is 11.6 Å². The average molecular weight is 373 g/mol. The van der Waals surface area contributed by atoms with Crippen molar-refractivity contribution in [1.82, 2.24) is 0 Å². The molecule has 0 bridgehead atoms. The van der Waals surface area contributed by atoms with E-state index in [9.17, 15) is 26.7 Å². The Kier molecular flexibility index (Phi) is 5.97. The molecule has 0 spiro atoms. The number of benzene rings is 2. The predicted octanol–water partition coefficient (Wildman–Crippen LogP) is 3.64. The van der Waals surface area contributed by atoms with E-state index >= 15 is 0 Å². The molecule has 1 amide bonds. The van der Waals surface area contributed by atoms with Gasteiger partial charge in [-0.1, -0.05) is 0 Å². The van der Waals surface area contributed by atoms with Crippen LogP contribution in [-0.2, 0) is 11.0 Å². The molecule has 26 heavy (non-hydrogen) atoms. The normalized spacial score (nSPS) is 14.0. The fourth-order valence-electron chi connectivity index (χ4n) is 2.49. The molecule has 0 heterocycles. The Morgan fingerprint density at radius 1 is 1.04 bits per heavy atom. The summed E-state index contributed by atoms with van der Waals surface area (Å²) >= 11 is 0. The highest BCUT2D eigenvalue weighted by Crippen LogP contribution is 2.29. The first kappa shape index (κ1) is 19.8. The average Bonchev–Trinajstić information content (AvgIpc) is 2.54. The summed E-state index contributed by atoms with van der Waals surface area (Å²) in [7, 11) is 0. The Morgan fingerprint density at radius 2 is 1.65 bits per heavy atom. The third kappa shape index (κ3) is 5.01. The summed E-state index contributed by atoms with van der Waals surface area (Å²) in [6, 6.07) is 6.20. The summed E-state index contributed by atoms with van der Waals surface area (Å²) in [4.78, 5) is 12.2. The number of halogens is 5. The van der Waals surface area contributed by atoms with Gasteiger partial charge in [-0.3, -0.25) is 4.79 Å². The summed E-state index contributed by atoms with van der Waals surface area (Å²) in [6.07, 6.45) is -4.45. The number of hydrogen-bond acceptors (Lipinski definition) is 1. The van der Waals surface area contributed by atoms with Gasteiger partial charge in [-0.25, -0.2) is 8.78 Å². The lowest BCUT2D eigenvalue weighted by molar-refractivity contribution is -0.710. The van der Waals surface area contributed by atoms with Crippen LogP contribution in [0.2, 0.25) is 0 Å². The van der Waals surface area contributed by atoms with Crippen LogP contribution in [0.4, 0.5) is 27.6 Å². The van der Waals surface area contributed by atoms with Crippen molar-refractivity contribution in [2.75, 3.05) is 5.32 Å². The molecule has 0 fully saturated rings. The Hall–Kier alpha value is -2.48. The van der Waals surface area contributed by atoms with Crippen LogP contribution >= 0.6 is 0 Å². The highest BCUT2D eigenvalue weighted by Gasteiger charge is 2.30. The zero-order chi connectivity index (χ0) is 19.5. The van der Waals surface area contributed by atoms with Crippen LogP contribution < -0.4 is 10.6 Å². The molecule has 8 heteroatoms. The number of amides is 1. The molecule has 140 valence electrons. The van der Waals surface area contributed by atoms with Crippen LogP contribution in [0.25, 0.3) is 0 Å². The van der Waals surface area contributed by atoms with Crippen LogP contribution in [0.3, 0.4) is 0 Å². The smallest absolute Gasteiger partial charge is 0.330 e. The molecule has 2 aromatic rings. The number of nitrogens with one attached hydrogen (secondary N) is 1. The lowest BCUT2D eigenvalue weighted by atomic mass is 10.1. The Bertz CT molecular complexity index is 774. The third-order valence-electron chi connectivity index (χ3n) is 3.92. The highest BCUT2D eigenvalue weighted by molar-refractivity contribution is 5.93. The van der Waals surface area contributed by atoms with Gasteiger partial charge in [-0.15, -0.1) is 0 Å². The molecule has 0 aliphatic rings. The number of hydrogen-bond donors (Lipinski definition) is 2. The van der Waals surface area contributed by atoms with Crippen molar-refractivity contribution in [3.05, 3.63) is 65.2 Å². The number of carbonyl (C=O) groups excluding carboxylic acids is 1. The Morgan fingerprint density at radius 3 is 2.19 bits per heavy atom. The van der Waals surface area contributed by atoms with Crippen molar-refractivity contribution in [3.8, 4) is 0 Å². The third-order valence-corrected chi connectivity index (χ3v) is 3.92. The van der Waals surface area contributed by atoms with Gasteiger partial charge in [0.05, 0.1) is 5.56 Å². The number of alkyl halides is 3. The lowest BCUT2D eigenvalue weighted by Gasteiger charge is -2.17. The molecule has 3 N–H and O–H groups in total. The highest BCUT2D eigenvalue weighted by atomic mass is 19.4. The molecule has 0 aromatic heterocycles. The maximum Gasteiger partial charge on any atom is 0.416 e. The fraction of sp³-hybridized carbons (Fsp3) is 0.278. The molecule has 0 aliphatic heterocycles. The molecular formula is C18H18F5N2O+. The van der Waals surface area contributed by atoms with Gasteiger partial charge in [0, 0.05) is 17.3 Å². The maximum atomic E-state index is 13.8. The van der Waals surface area contributed by atoms with E-state index in [0.717, 1.165) is 36.4 Å². The number of rotatable bonds is 5. The number of nitrogens with two attached hydrogens (primary N) is 1. The maximum absolute atomic E-state index is 13.8. The van der Waals surface area contributed by atoms with Crippen molar-refractivity contribution in [2.45, 2.75) is 32.1 Å². The minimum atomic E-state index is -4.45. The predicted molar refractivity (Wildman–Crippen MR) is 86.2 cm³/mol. The van der Waals surface area contributed by atoms with Gasteiger partial charge in [0.1, 0.15) is 17.7 Å². The monoisotopic (exact) mass is 373 g/mol. The molecule has 2 atom stereocenters. The molecule has 0 unspecified atom stereocenters. The first-order chi connectivity index (χ1) is 12.1. The van der Waals surface area contributed by atoms with Gasteiger partial charge >= 0.3 is 6.18 Å². The van der Waals surface area contributed by atoms with E-state index in [1.807, 2.05) is 0 Å². The number of anilines is 1. The van der Waals surface area contributed by atoms with Crippen molar-refractivity contribution in [3.63, 3.8) is 0 Å². The molecule has 0 saturated carbocycles. The van der Waals surface area contributed by atoms with Gasteiger partial charge < -0.3 is 10.6 Å². The van der Waals surface area contributed by atoms with E-state index in [2.05, 4.69) is 5.32 Å². The van der Waals surface area contributed by atoms with Crippen molar-refractivity contribution in [1.29, 1.82) is 0 Å². The fourth-order valence-corrected chi connectivity index (χ4v) is 2.49. The van der Waals surface area contributed by atoms with Crippen LogP contribution in [0, 0.1) is 11.6 Å². The van der Waals surface area contributed by atoms with E-state index in [-0.39, 0.29) is 11.3 Å². The van der Waals surface area contributed by atoms with Crippen LogP contribution in [0.15, 0.2) is 42.5 Å². The molecule has 0 saturated heterocycles. The first-order valence-corrected chi connectivity index (χ1v) is 7.86. The Balaban J connectivity index is 1.98. The number of carbonyl (C=O) groups is 1. The van der Waals surface area contributed by atoms with E-state index in [1.54, 1.807) is 19.2 Å². The number of quaternary nitrogens is 1. The summed E-state index contributed by atoms with van der Waals surface area (Å²) in [5.74, 6) is -1.84. The topological polar surface area (TPSA) is 45.7 Å². The van der Waals surface area contributed by atoms with Crippen LogP contribution in [0.1, 0.15) is 31.0 Å². The van der Waals surface area contributed by atoms with Gasteiger partial charge in [0.15, 0.2) is 6.04 Å². The van der Waals surface area contributed by atoms with Gasteiger partial charge in [0.2, 0.25) is 0 Å². The summed E-state index contributed by atoms with van der Waals surface area (Å²) in [5, 5.41) is 4.09. The van der Waals surface area contributed by atoms with Crippen molar-refractivity contribution < 1.29 is 32.1 Å². The molecule has 0 aliphatic carbocycles. The molecule has 3 nitrogen and oxygen atoms in total. The quantitative estimate of drug-likeness (QED) is 0.773. The lowest BCUT2D eigenvalue weighted by Crippen LogP contribution is -2.91. The zero-order valence-corrected chi connectivity index (χ0v) is 14.1. The van der Waals surface area contributed by atoms with Crippen LogP contribution in [0.5, 0.6) is 0 Å². The second-order valence-electron chi connectivity index (χ2n) is 6.00. The van der Waals surface area contributed by atoms with Gasteiger partial charge in [-0.2, -0.15) is 13.2 Å². The van der Waals surface area contributed by atoms with Gasteiger partial charge in [0.25, 0.3) is 5.91 Å². The Labute approximate surface area is 147 Å². The summed E-state index contributed by atoms with van der Waals surface area (Å²) < 4.78 is 64.3. The summed E-state index contributed by atoms with van der Waals surface area (Å²) in [6.45, 7) is 3.25.